The number of amides is 1. The molecular weight excluding hydrogens is 404 g/mol. The number of hydrogen-bond donors (Lipinski definition) is 2. The zero-order valence-corrected chi connectivity index (χ0v) is 17.0. The fraction of sp³-hybridized carbons (Fsp3) is 0.588. The van der Waals surface area contributed by atoms with Gasteiger partial charge >= 0.3 is 0 Å². The van der Waals surface area contributed by atoms with Crippen molar-refractivity contribution in [1.29, 1.82) is 0 Å². The van der Waals surface area contributed by atoms with E-state index in [2.05, 4.69) is 15.5 Å². The highest BCUT2D eigenvalue weighted by Crippen LogP contribution is 2.36. The van der Waals surface area contributed by atoms with Crippen LogP contribution in [0.4, 0.5) is 5.69 Å². The van der Waals surface area contributed by atoms with Gasteiger partial charge in [-0.25, -0.2) is 0 Å². The predicted molar refractivity (Wildman–Crippen MR) is 108 cm³/mol. The first-order valence-corrected chi connectivity index (χ1v) is 9.54. The number of piperazine rings is 1. The van der Waals surface area contributed by atoms with Crippen LogP contribution in [0, 0.1) is 0 Å². The summed E-state index contributed by atoms with van der Waals surface area (Å²) >= 11 is 18.2. The molecule has 8 heteroatoms. The quantitative estimate of drug-likeness (QED) is 0.741. The van der Waals surface area contributed by atoms with E-state index in [0.717, 1.165) is 32.5 Å². The lowest BCUT2D eigenvalue weighted by Crippen LogP contribution is -2.63. The third-order valence-electron chi connectivity index (χ3n) is 5.07. The second kappa shape index (κ2) is 9.12. The molecule has 2 fully saturated rings. The lowest BCUT2D eigenvalue weighted by Gasteiger charge is -2.49. The number of nitrogens with one attached hydrogen (secondary N) is 2. The summed E-state index contributed by atoms with van der Waals surface area (Å²) in [6, 6.07) is 3.16. The number of carbonyl (C=O) groups is 1. The molecule has 3 rings (SSSR count). The van der Waals surface area contributed by atoms with Gasteiger partial charge in [0.25, 0.3) is 0 Å². The Labute approximate surface area is 170 Å². The van der Waals surface area contributed by atoms with E-state index in [1.54, 1.807) is 12.1 Å². The number of benzene rings is 1. The van der Waals surface area contributed by atoms with E-state index < -0.39 is 0 Å². The molecule has 2 N–H and O–H groups in total. The maximum absolute atomic E-state index is 12.6. The molecule has 1 saturated carbocycles. The van der Waals surface area contributed by atoms with Crippen molar-refractivity contribution < 1.29 is 4.79 Å². The number of halogens is 4. The third-order valence-corrected chi connectivity index (χ3v) is 5.89. The van der Waals surface area contributed by atoms with Crippen molar-refractivity contribution in [3.63, 3.8) is 0 Å². The fourth-order valence-corrected chi connectivity index (χ4v) is 4.76. The molecular formula is C17H23Cl4N3O. The molecule has 0 unspecified atom stereocenters. The third kappa shape index (κ3) is 4.94. The van der Waals surface area contributed by atoms with Crippen LogP contribution in [0.3, 0.4) is 0 Å². The highest BCUT2D eigenvalue weighted by molar-refractivity contribution is 6.42. The van der Waals surface area contributed by atoms with Crippen LogP contribution in [-0.2, 0) is 4.79 Å². The Morgan fingerprint density at radius 3 is 2.44 bits per heavy atom. The van der Waals surface area contributed by atoms with Gasteiger partial charge in [-0.3, -0.25) is 9.69 Å². The van der Waals surface area contributed by atoms with Crippen molar-refractivity contribution in [1.82, 2.24) is 10.2 Å². The van der Waals surface area contributed by atoms with Gasteiger partial charge in [-0.15, -0.1) is 12.4 Å². The van der Waals surface area contributed by atoms with Crippen LogP contribution >= 0.6 is 47.2 Å². The van der Waals surface area contributed by atoms with Gasteiger partial charge in [-0.05, 0) is 25.0 Å². The van der Waals surface area contributed by atoms with Crippen LogP contribution in [0.2, 0.25) is 15.1 Å². The Bertz CT molecular complexity index is 589. The maximum Gasteiger partial charge on any atom is 0.238 e. The molecule has 1 heterocycles. The van der Waals surface area contributed by atoms with Gasteiger partial charge in [0.1, 0.15) is 0 Å². The minimum atomic E-state index is -0.0898. The highest BCUT2D eigenvalue weighted by atomic mass is 35.5. The Balaban J connectivity index is 0.00000225. The molecule has 0 bridgehead atoms. The molecule has 1 saturated heterocycles. The Hall–Kier alpha value is -0.230. The van der Waals surface area contributed by atoms with Crippen molar-refractivity contribution in [3.05, 3.63) is 27.2 Å². The molecule has 1 amide bonds. The Kier molecular flexibility index (Phi) is 7.68. The normalized spacial score (nSPS) is 20.1. The van der Waals surface area contributed by atoms with Crippen LogP contribution in [0.5, 0.6) is 0 Å². The number of rotatable bonds is 3. The number of hydrogen-bond acceptors (Lipinski definition) is 3. The van der Waals surface area contributed by atoms with Crippen molar-refractivity contribution in [3.8, 4) is 0 Å². The van der Waals surface area contributed by atoms with Gasteiger partial charge in [-0.2, -0.15) is 0 Å². The van der Waals surface area contributed by atoms with Crippen LogP contribution in [-0.4, -0.2) is 42.5 Å². The Morgan fingerprint density at radius 2 is 1.80 bits per heavy atom. The van der Waals surface area contributed by atoms with Gasteiger partial charge in [0.2, 0.25) is 5.91 Å². The predicted octanol–water partition coefficient (Wildman–Crippen LogP) is 4.62. The zero-order valence-electron chi connectivity index (χ0n) is 13.9. The van der Waals surface area contributed by atoms with Crippen LogP contribution in [0.25, 0.3) is 0 Å². The van der Waals surface area contributed by atoms with Gasteiger partial charge in [0, 0.05) is 30.2 Å². The minimum absolute atomic E-state index is 0. The lowest BCUT2D eigenvalue weighted by atomic mass is 9.79. The monoisotopic (exact) mass is 425 g/mol. The summed E-state index contributed by atoms with van der Waals surface area (Å²) in [5, 5.41) is 7.50. The van der Waals surface area contributed by atoms with Gasteiger partial charge < -0.3 is 10.6 Å². The second-order valence-electron chi connectivity index (χ2n) is 6.68. The standard InChI is InChI=1S/C17H22Cl3N3O.ClH/c18-12-8-13(19)16(14(20)9-12)22-15(24)10-23-7-6-21-11-17(23)4-2-1-3-5-17;/h8-9,21H,1-7,10-11H2,(H,22,24);1H. The van der Waals surface area contributed by atoms with Crippen molar-refractivity contribution in [2.24, 2.45) is 0 Å². The topological polar surface area (TPSA) is 44.4 Å². The maximum atomic E-state index is 12.6. The molecule has 2 aliphatic rings. The first kappa shape index (κ1) is 21.1. The van der Waals surface area contributed by atoms with E-state index >= 15 is 0 Å². The molecule has 1 aromatic rings. The largest absolute Gasteiger partial charge is 0.322 e. The summed E-state index contributed by atoms with van der Waals surface area (Å²) in [5.41, 5.74) is 0.544. The van der Waals surface area contributed by atoms with Crippen LogP contribution in [0.15, 0.2) is 12.1 Å². The first-order valence-electron chi connectivity index (χ1n) is 8.40. The average molecular weight is 427 g/mol. The van der Waals surface area contributed by atoms with Crippen molar-refractivity contribution in [2.45, 2.75) is 37.6 Å². The summed E-state index contributed by atoms with van der Waals surface area (Å²) < 4.78 is 0. The van der Waals surface area contributed by atoms with E-state index in [1.807, 2.05) is 0 Å². The zero-order chi connectivity index (χ0) is 17.2. The summed E-state index contributed by atoms with van der Waals surface area (Å²) in [4.78, 5) is 14.9. The molecule has 0 radical (unpaired) electrons. The molecule has 0 aromatic heterocycles. The van der Waals surface area contributed by atoms with E-state index in [9.17, 15) is 4.79 Å². The first-order chi connectivity index (χ1) is 11.5. The van der Waals surface area contributed by atoms with Crippen LogP contribution < -0.4 is 10.6 Å². The van der Waals surface area contributed by atoms with Crippen LogP contribution in [0.1, 0.15) is 32.1 Å². The number of anilines is 1. The Morgan fingerprint density at radius 1 is 1.16 bits per heavy atom. The van der Waals surface area contributed by atoms with Crippen molar-refractivity contribution in [2.75, 3.05) is 31.5 Å². The summed E-state index contributed by atoms with van der Waals surface area (Å²) in [6.45, 7) is 3.12. The van der Waals surface area contributed by atoms with E-state index in [-0.39, 0.29) is 23.9 Å². The van der Waals surface area contributed by atoms with Gasteiger partial charge in [0.15, 0.2) is 0 Å². The average Bonchev–Trinajstić information content (AvgIpc) is 2.54. The fourth-order valence-electron chi connectivity index (χ4n) is 3.85. The molecule has 1 aromatic carbocycles. The molecule has 1 aliphatic carbocycles. The summed E-state index contributed by atoms with van der Waals surface area (Å²) in [6.07, 6.45) is 6.05. The smallest absolute Gasteiger partial charge is 0.238 e. The lowest BCUT2D eigenvalue weighted by molar-refractivity contribution is -0.120. The van der Waals surface area contributed by atoms with Gasteiger partial charge in [0.05, 0.1) is 22.3 Å². The summed E-state index contributed by atoms with van der Waals surface area (Å²) in [7, 11) is 0. The van der Waals surface area contributed by atoms with Gasteiger partial charge in [-0.1, -0.05) is 54.1 Å². The molecule has 1 aliphatic heterocycles. The second-order valence-corrected chi connectivity index (χ2v) is 7.93. The number of nitrogens with zero attached hydrogens (tertiary/aromatic N) is 1. The molecule has 4 nitrogen and oxygen atoms in total. The van der Waals surface area contributed by atoms with E-state index in [1.165, 1.54) is 19.3 Å². The number of carbonyl (C=O) groups excluding carboxylic acids is 1. The summed E-state index contributed by atoms with van der Waals surface area (Å²) in [5.74, 6) is -0.0898. The molecule has 0 atom stereocenters. The van der Waals surface area contributed by atoms with E-state index in [4.69, 9.17) is 34.8 Å². The highest BCUT2D eigenvalue weighted by Gasteiger charge is 2.40. The molecule has 140 valence electrons. The molecule has 1 spiro atoms. The molecule has 25 heavy (non-hydrogen) atoms. The SMILES string of the molecule is Cl.O=C(CN1CCNCC12CCCCC2)Nc1c(Cl)cc(Cl)cc1Cl. The van der Waals surface area contributed by atoms with Crippen molar-refractivity contribution >= 4 is 58.8 Å². The van der Waals surface area contributed by atoms with E-state index in [0.29, 0.717) is 27.3 Å². The minimum Gasteiger partial charge on any atom is -0.322 e.